The van der Waals surface area contributed by atoms with Gasteiger partial charge in [-0.25, -0.2) is 4.98 Å². The van der Waals surface area contributed by atoms with Crippen LogP contribution in [0.25, 0.3) is 33.5 Å². The van der Waals surface area contributed by atoms with Crippen LogP contribution in [0, 0.1) is 0 Å². The molecule has 34 heavy (non-hydrogen) atoms. The highest BCUT2D eigenvalue weighted by Gasteiger charge is 2.14. The van der Waals surface area contributed by atoms with Crippen molar-refractivity contribution in [3.8, 4) is 10.6 Å². The first-order valence-electron chi connectivity index (χ1n) is 12.1. The van der Waals surface area contributed by atoms with Gasteiger partial charge in [0.05, 0.1) is 10.9 Å². The maximum atomic E-state index is 3.43. The fourth-order valence-corrected chi connectivity index (χ4v) is 5.26. The van der Waals surface area contributed by atoms with Crippen LogP contribution in [0.4, 0.5) is 5.69 Å². The highest BCUT2D eigenvalue weighted by atomic mass is 127. The fraction of sp³-hybridized carbons (Fsp3) is 0.300. The van der Waals surface area contributed by atoms with Crippen LogP contribution in [0.5, 0.6) is 0 Å². The Morgan fingerprint density at radius 2 is 1.65 bits per heavy atom. The Morgan fingerprint density at radius 1 is 0.853 bits per heavy atom. The van der Waals surface area contributed by atoms with Gasteiger partial charge in [0.2, 0.25) is 0 Å². The Kier molecular flexibility index (Phi) is 10.1. The number of hydrogen-bond donors (Lipinski definition) is 0. The van der Waals surface area contributed by atoms with E-state index in [-0.39, 0.29) is 24.0 Å². The van der Waals surface area contributed by atoms with E-state index in [1.807, 2.05) is 6.20 Å². The minimum absolute atomic E-state index is 0. The molecule has 0 saturated carbocycles. The van der Waals surface area contributed by atoms with Gasteiger partial charge in [-0.05, 0) is 47.1 Å². The van der Waals surface area contributed by atoms with E-state index in [0.717, 1.165) is 6.42 Å². The third kappa shape index (κ3) is 6.28. The van der Waals surface area contributed by atoms with E-state index in [2.05, 4.69) is 103 Å². The van der Waals surface area contributed by atoms with E-state index in [4.69, 9.17) is 0 Å². The Bertz CT molecular complexity index is 1210. The Labute approximate surface area is 225 Å². The van der Waals surface area contributed by atoms with E-state index >= 15 is 0 Å². The summed E-state index contributed by atoms with van der Waals surface area (Å²) in [7, 11) is 4.22. The molecule has 0 unspecified atom stereocenters. The Hall–Kier alpha value is -2.18. The third-order valence-corrected chi connectivity index (χ3v) is 7.15. The van der Waals surface area contributed by atoms with E-state index in [0.29, 0.717) is 0 Å². The number of thiazole rings is 1. The largest absolute Gasteiger partial charge is 1.00 e. The second kappa shape index (κ2) is 13.1. The van der Waals surface area contributed by atoms with Gasteiger partial charge in [-0.2, -0.15) is 0 Å². The molecule has 2 nitrogen and oxygen atoms in total. The fourth-order valence-electron chi connectivity index (χ4n) is 4.55. The molecule has 0 aliphatic carbocycles. The average molecular weight is 583 g/mol. The zero-order chi connectivity index (χ0) is 23.0. The van der Waals surface area contributed by atoms with Crippen molar-refractivity contribution in [3.05, 3.63) is 82.9 Å². The number of H-pyrrole nitrogens is 1. The van der Waals surface area contributed by atoms with Gasteiger partial charge in [0.15, 0.2) is 6.20 Å². The molecule has 0 bridgehead atoms. The van der Waals surface area contributed by atoms with Crippen LogP contribution in [0.3, 0.4) is 0 Å². The molecule has 0 saturated heterocycles. The van der Waals surface area contributed by atoms with Crippen molar-refractivity contribution in [2.75, 3.05) is 19.0 Å². The average Bonchev–Trinajstić information content (AvgIpc) is 3.37. The number of aryl methyl sites for hydroxylation is 1. The monoisotopic (exact) mass is 582 g/mol. The van der Waals surface area contributed by atoms with E-state index in [9.17, 15) is 0 Å². The highest BCUT2D eigenvalue weighted by molar-refractivity contribution is 7.12. The molecule has 0 aliphatic rings. The maximum absolute atomic E-state index is 3.43. The molecule has 1 N–H and O–H groups in total. The summed E-state index contributed by atoms with van der Waals surface area (Å²) in [5.41, 5.74) is 6.59. The van der Waals surface area contributed by atoms with Crippen molar-refractivity contribution in [2.45, 2.75) is 45.4 Å². The molecular weight excluding hydrogens is 547 g/mol. The number of unbranched alkanes of at least 4 members (excludes halogenated alkanes) is 4. The van der Waals surface area contributed by atoms with Crippen LogP contribution in [-0.2, 0) is 6.42 Å². The molecule has 4 aromatic rings. The molecule has 4 heteroatoms. The minimum atomic E-state index is 0. The number of fused-ring (bicyclic) bond motifs is 1. The number of rotatable bonds is 10. The van der Waals surface area contributed by atoms with Crippen molar-refractivity contribution in [2.24, 2.45) is 0 Å². The zero-order valence-corrected chi connectivity index (χ0v) is 23.5. The van der Waals surface area contributed by atoms with Gasteiger partial charge in [0.1, 0.15) is 0 Å². The second-order valence-electron chi connectivity index (χ2n) is 8.88. The number of nitrogens with one attached hydrogen (secondary N) is 1. The van der Waals surface area contributed by atoms with Crippen molar-refractivity contribution >= 4 is 39.9 Å². The topological polar surface area (TPSA) is 17.4 Å². The van der Waals surface area contributed by atoms with Crippen LogP contribution < -0.4 is 33.9 Å². The number of benzene rings is 3. The Balaban J connectivity index is 0.00000324. The number of anilines is 1. The smallest absolute Gasteiger partial charge is 0.267 e. The molecule has 1 heterocycles. The number of halogens is 1. The summed E-state index contributed by atoms with van der Waals surface area (Å²) in [4.78, 5) is 5.62. The van der Waals surface area contributed by atoms with E-state index in [1.54, 1.807) is 11.3 Å². The van der Waals surface area contributed by atoms with Gasteiger partial charge in [-0.1, -0.05) is 98.6 Å². The molecule has 4 rings (SSSR count). The lowest BCUT2D eigenvalue weighted by Crippen LogP contribution is -3.00. The van der Waals surface area contributed by atoms with Gasteiger partial charge in [0.25, 0.3) is 5.01 Å². The number of hydrogen-bond acceptors (Lipinski definition) is 2. The molecule has 178 valence electrons. The first-order chi connectivity index (χ1) is 16.2. The third-order valence-electron chi connectivity index (χ3n) is 6.31. The molecule has 1 aromatic heterocycles. The lowest BCUT2D eigenvalue weighted by Gasteiger charge is -2.16. The maximum Gasteiger partial charge on any atom is 0.267 e. The summed E-state index contributed by atoms with van der Waals surface area (Å²) in [6, 6.07) is 20.0. The van der Waals surface area contributed by atoms with Crippen LogP contribution in [-0.4, -0.2) is 14.1 Å². The number of nitrogens with zero attached hydrogens (tertiary/aromatic N) is 1. The number of aromatic nitrogens is 1. The summed E-state index contributed by atoms with van der Waals surface area (Å²) in [5.74, 6) is 0. The second-order valence-corrected chi connectivity index (χ2v) is 9.80. The predicted octanol–water partition coefficient (Wildman–Crippen LogP) is 5.14. The molecule has 3 aromatic carbocycles. The van der Waals surface area contributed by atoms with Crippen LogP contribution in [0.2, 0.25) is 0 Å². The lowest BCUT2D eigenvalue weighted by atomic mass is 9.95. The van der Waals surface area contributed by atoms with Gasteiger partial charge in [-0.15, -0.1) is 0 Å². The summed E-state index contributed by atoms with van der Waals surface area (Å²) in [6.07, 6.45) is 14.3. The summed E-state index contributed by atoms with van der Waals surface area (Å²) in [6.45, 7) is 2.28. The first-order valence-corrected chi connectivity index (χ1v) is 13.0. The molecule has 0 atom stereocenters. The molecule has 0 fully saturated rings. The Morgan fingerprint density at radius 3 is 2.38 bits per heavy atom. The SMILES string of the molecule is CCCCCCCc1cccc(-c2[nH+]ccs2)c1/C=C/c1ccc(N(C)C)c2ccccc12.[I-]. The van der Waals surface area contributed by atoms with Crippen LogP contribution in [0.15, 0.2) is 66.2 Å². The van der Waals surface area contributed by atoms with Crippen LogP contribution >= 0.6 is 11.3 Å². The van der Waals surface area contributed by atoms with Crippen molar-refractivity contribution in [1.82, 2.24) is 0 Å². The van der Waals surface area contributed by atoms with Crippen molar-refractivity contribution in [3.63, 3.8) is 0 Å². The van der Waals surface area contributed by atoms with Crippen LogP contribution in [0.1, 0.15) is 55.7 Å². The summed E-state index contributed by atoms with van der Waals surface area (Å²) < 4.78 is 0. The minimum Gasteiger partial charge on any atom is -1.00 e. The lowest BCUT2D eigenvalue weighted by molar-refractivity contribution is -0.358. The van der Waals surface area contributed by atoms with Gasteiger partial charge >= 0.3 is 0 Å². The summed E-state index contributed by atoms with van der Waals surface area (Å²) in [5, 5.41) is 5.92. The van der Waals surface area contributed by atoms with Gasteiger partial charge in [0, 0.05) is 25.2 Å². The van der Waals surface area contributed by atoms with Gasteiger partial charge < -0.3 is 28.9 Å². The predicted molar refractivity (Wildman–Crippen MR) is 146 cm³/mol. The summed E-state index contributed by atoms with van der Waals surface area (Å²) >= 11 is 1.77. The highest BCUT2D eigenvalue weighted by Crippen LogP contribution is 2.32. The molecule has 0 spiro atoms. The van der Waals surface area contributed by atoms with Gasteiger partial charge in [-0.3, -0.25) is 0 Å². The normalized spacial score (nSPS) is 11.1. The van der Waals surface area contributed by atoms with Crippen molar-refractivity contribution < 1.29 is 29.0 Å². The molecule has 0 aliphatic heterocycles. The van der Waals surface area contributed by atoms with Crippen molar-refractivity contribution in [1.29, 1.82) is 0 Å². The molecular formula is C30H35IN2S. The molecule has 0 radical (unpaired) electrons. The van der Waals surface area contributed by atoms with E-state index in [1.165, 1.54) is 75.8 Å². The quantitative estimate of drug-likeness (QED) is 0.144. The standard InChI is InChI=1S/C30H34N2S.HI/c1-4-5-6-7-8-12-23-13-11-16-28(30-31-21-22-33-30)26(23)19-17-24-18-20-29(32(2)3)27-15-10-9-14-25(24)27;/h9-11,13-22H,4-8,12H2,1-3H3;1H/b19-17+;. The molecule has 0 amide bonds. The zero-order valence-electron chi connectivity index (χ0n) is 20.5. The number of aromatic amines is 1. The first kappa shape index (κ1) is 26.4. The van der Waals surface area contributed by atoms with E-state index < -0.39 is 0 Å².